The molecule has 1 aromatic heterocycles. The van der Waals surface area contributed by atoms with E-state index in [9.17, 15) is 26.0 Å². The number of anilines is 1. The van der Waals surface area contributed by atoms with Crippen molar-refractivity contribution in [1.82, 2.24) is 10.2 Å². The van der Waals surface area contributed by atoms with Crippen molar-refractivity contribution in [3.63, 3.8) is 0 Å². The van der Waals surface area contributed by atoms with E-state index in [1.807, 2.05) is 0 Å². The quantitative estimate of drug-likeness (QED) is 0.461. The Kier molecular flexibility index (Phi) is 7.04. The fourth-order valence-corrected chi connectivity index (χ4v) is 4.92. The number of rotatable bonds is 9. The minimum atomic E-state index is -3.63. The smallest absolute Gasteiger partial charge is 0.322 e. The average Bonchev–Trinajstić information content (AvgIpc) is 3.22. The van der Waals surface area contributed by atoms with Gasteiger partial charge >= 0.3 is 6.01 Å². The highest BCUT2D eigenvalue weighted by Gasteiger charge is 2.17. The Morgan fingerprint density at radius 1 is 0.938 bits per heavy atom. The van der Waals surface area contributed by atoms with E-state index in [0.29, 0.717) is 5.56 Å². The molecule has 0 spiro atoms. The van der Waals surface area contributed by atoms with Gasteiger partial charge < -0.3 is 4.42 Å². The number of carbonyl (C=O) groups excluding carboxylic acids is 1. The van der Waals surface area contributed by atoms with Gasteiger partial charge in [-0.2, -0.15) is 0 Å². The molecular formula is C20H20FN3O6S2. The Morgan fingerprint density at radius 3 is 2.16 bits per heavy atom. The molecule has 2 aromatic carbocycles. The van der Waals surface area contributed by atoms with Crippen molar-refractivity contribution in [2.24, 2.45) is 0 Å². The van der Waals surface area contributed by atoms with Crippen LogP contribution in [0.2, 0.25) is 0 Å². The molecule has 0 atom stereocenters. The number of amides is 1. The second kappa shape index (κ2) is 9.57. The number of carbonyl (C=O) groups is 1. The number of halogens is 1. The molecule has 0 unspecified atom stereocenters. The molecule has 1 N–H and O–H groups in total. The maximum absolute atomic E-state index is 12.9. The first-order chi connectivity index (χ1) is 15.1. The van der Waals surface area contributed by atoms with E-state index in [1.54, 1.807) is 6.92 Å². The SMILES string of the molecule is CCS(=O)(=O)c1ccc(-c2nnc(NC(=O)CCCS(=O)(=O)c3ccc(F)cc3)o2)cc1. The van der Waals surface area contributed by atoms with Crippen LogP contribution >= 0.6 is 0 Å². The molecule has 170 valence electrons. The van der Waals surface area contributed by atoms with Gasteiger partial charge in [-0.25, -0.2) is 21.2 Å². The molecule has 0 bridgehead atoms. The van der Waals surface area contributed by atoms with Crippen LogP contribution in [-0.4, -0.2) is 44.4 Å². The predicted molar refractivity (Wildman–Crippen MR) is 114 cm³/mol. The van der Waals surface area contributed by atoms with Crippen molar-refractivity contribution < 1.29 is 30.4 Å². The van der Waals surface area contributed by atoms with Crippen LogP contribution in [0.4, 0.5) is 10.4 Å². The van der Waals surface area contributed by atoms with E-state index < -0.39 is 31.4 Å². The maximum atomic E-state index is 12.9. The minimum Gasteiger partial charge on any atom is -0.403 e. The van der Waals surface area contributed by atoms with Gasteiger partial charge in [0.1, 0.15) is 5.82 Å². The van der Waals surface area contributed by atoms with Crippen LogP contribution in [-0.2, 0) is 24.5 Å². The van der Waals surface area contributed by atoms with Crippen molar-refractivity contribution in [3.8, 4) is 11.5 Å². The standard InChI is InChI=1S/C20H20FN3O6S2/c1-2-31(26,27)16-9-5-14(6-10-16)19-23-24-20(30-19)22-18(25)4-3-13-32(28,29)17-11-7-15(21)8-12-17/h5-12H,2-4,13H2,1H3,(H,22,24,25). The lowest BCUT2D eigenvalue weighted by Gasteiger charge is -2.04. The number of nitrogens with zero attached hydrogens (tertiary/aromatic N) is 2. The Hall–Kier alpha value is -3.12. The normalized spacial score (nSPS) is 11.9. The van der Waals surface area contributed by atoms with Crippen LogP contribution in [0.1, 0.15) is 19.8 Å². The van der Waals surface area contributed by atoms with E-state index >= 15 is 0 Å². The third-order valence-corrected chi connectivity index (χ3v) is 8.07. The zero-order valence-corrected chi connectivity index (χ0v) is 18.6. The molecule has 0 aliphatic rings. The lowest BCUT2D eigenvalue weighted by Crippen LogP contribution is -2.14. The van der Waals surface area contributed by atoms with Crippen molar-refractivity contribution >= 4 is 31.6 Å². The highest BCUT2D eigenvalue weighted by molar-refractivity contribution is 7.91. The topological polar surface area (TPSA) is 136 Å². The zero-order chi connectivity index (χ0) is 23.4. The number of benzene rings is 2. The summed E-state index contributed by atoms with van der Waals surface area (Å²) in [6, 6.07) is 10.2. The van der Waals surface area contributed by atoms with E-state index in [4.69, 9.17) is 4.42 Å². The molecule has 9 nitrogen and oxygen atoms in total. The van der Waals surface area contributed by atoms with Crippen molar-refractivity contribution in [2.45, 2.75) is 29.6 Å². The highest BCUT2D eigenvalue weighted by Crippen LogP contribution is 2.22. The van der Waals surface area contributed by atoms with Gasteiger partial charge in [-0.1, -0.05) is 12.0 Å². The van der Waals surface area contributed by atoms with Gasteiger partial charge in [-0.05, 0) is 55.0 Å². The highest BCUT2D eigenvalue weighted by atomic mass is 32.2. The molecule has 32 heavy (non-hydrogen) atoms. The first kappa shape index (κ1) is 23.5. The summed E-state index contributed by atoms with van der Waals surface area (Å²) in [5.41, 5.74) is 0.471. The number of hydrogen-bond donors (Lipinski definition) is 1. The second-order valence-corrected chi connectivity index (χ2v) is 11.2. The first-order valence-electron chi connectivity index (χ1n) is 9.55. The van der Waals surface area contributed by atoms with Gasteiger partial charge in [0.05, 0.1) is 21.3 Å². The number of nitrogens with one attached hydrogen (secondary N) is 1. The number of hydrogen-bond acceptors (Lipinski definition) is 8. The van der Waals surface area contributed by atoms with E-state index in [1.165, 1.54) is 36.4 Å². The van der Waals surface area contributed by atoms with Crippen LogP contribution < -0.4 is 5.32 Å². The zero-order valence-electron chi connectivity index (χ0n) is 17.0. The van der Waals surface area contributed by atoms with E-state index in [0.717, 1.165) is 12.1 Å². The van der Waals surface area contributed by atoms with Crippen molar-refractivity contribution in [3.05, 3.63) is 54.3 Å². The lowest BCUT2D eigenvalue weighted by atomic mass is 10.2. The van der Waals surface area contributed by atoms with Crippen LogP contribution in [0.5, 0.6) is 0 Å². The third kappa shape index (κ3) is 5.77. The number of sulfone groups is 2. The summed E-state index contributed by atoms with van der Waals surface area (Å²) in [6.07, 6.45) is -0.0678. The fourth-order valence-electron chi connectivity index (χ4n) is 2.73. The Bertz CT molecular complexity index is 1300. The second-order valence-electron chi connectivity index (χ2n) is 6.76. The van der Waals surface area contributed by atoms with Crippen molar-refractivity contribution in [1.29, 1.82) is 0 Å². The van der Waals surface area contributed by atoms with Gasteiger partial charge in [0.2, 0.25) is 11.8 Å². The van der Waals surface area contributed by atoms with Gasteiger partial charge in [0.25, 0.3) is 0 Å². The van der Waals surface area contributed by atoms with Crippen LogP contribution in [0.15, 0.2) is 62.7 Å². The van der Waals surface area contributed by atoms with Gasteiger partial charge in [-0.3, -0.25) is 10.1 Å². The monoisotopic (exact) mass is 481 g/mol. The molecule has 0 saturated heterocycles. The molecular weight excluding hydrogens is 461 g/mol. The Labute approximate surface area is 184 Å². The summed E-state index contributed by atoms with van der Waals surface area (Å²) >= 11 is 0. The summed E-state index contributed by atoms with van der Waals surface area (Å²) in [5, 5.41) is 9.91. The summed E-state index contributed by atoms with van der Waals surface area (Å²) in [7, 11) is -6.96. The van der Waals surface area contributed by atoms with Crippen molar-refractivity contribution in [2.75, 3.05) is 16.8 Å². The average molecular weight is 482 g/mol. The third-order valence-electron chi connectivity index (χ3n) is 4.50. The summed E-state index contributed by atoms with van der Waals surface area (Å²) < 4.78 is 66.5. The molecule has 0 aliphatic heterocycles. The number of aromatic nitrogens is 2. The maximum Gasteiger partial charge on any atom is 0.322 e. The van der Waals surface area contributed by atoms with Gasteiger partial charge in [0.15, 0.2) is 19.7 Å². The van der Waals surface area contributed by atoms with Crippen LogP contribution in [0, 0.1) is 5.82 Å². The van der Waals surface area contributed by atoms with Gasteiger partial charge in [-0.15, -0.1) is 5.10 Å². The Morgan fingerprint density at radius 2 is 1.53 bits per heavy atom. The van der Waals surface area contributed by atoms with Gasteiger partial charge in [0, 0.05) is 12.0 Å². The molecule has 3 rings (SSSR count). The lowest BCUT2D eigenvalue weighted by molar-refractivity contribution is -0.116. The fraction of sp³-hybridized carbons (Fsp3) is 0.250. The molecule has 1 heterocycles. The minimum absolute atomic E-state index is 0.0152. The summed E-state index contributed by atoms with van der Waals surface area (Å²) in [6.45, 7) is 1.55. The van der Waals surface area contributed by atoms with E-state index in [2.05, 4.69) is 15.5 Å². The molecule has 0 radical (unpaired) electrons. The molecule has 3 aromatic rings. The summed E-state index contributed by atoms with van der Waals surface area (Å²) in [4.78, 5) is 12.2. The predicted octanol–water partition coefficient (Wildman–Crippen LogP) is 2.86. The molecule has 0 aliphatic carbocycles. The largest absolute Gasteiger partial charge is 0.403 e. The first-order valence-corrected chi connectivity index (χ1v) is 12.9. The molecule has 0 saturated carbocycles. The molecule has 1 amide bonds. The Balaban J connectivity index is 1.55. The van der Waals surface area contributed by atoms with E-state index in [-0.39, 0.29) is 46.0 Å². The summed E-state index contributed by atoms with van der Waals surface area (Å²) in [5.74, 6) is -1.27. The molecule has 12 heteroatoms. The van der Waals surface area contributed by atoms with Crippen LogP contribution in [0.25, 0.3) is 11.5 Å². The molecule has 0 fully saturated rings. The van der Waals surface area contributed by atoms with Crippen LogP contribution in [0.3, 0.4) is 0 Å².